The molecule has 1 atom stereocenters. The summed E-state index contributed by atoms with van der Waals surface area (Å²) in [5, 5.41) is 11.7. The van der Waals surface area contributed by atoms with Gasteiger partial charge in [-0.05, 0) is 43.7 Å². The second-order valence-electron chi connectivity index (χ2n) is 4.26. The summed E-state index contributed by atoms with van der Waals surface area (Å²) in [7, 11) is -3.59. The molecule has 2 rings (SSSR count). The molecule has 0 aromatic heterocycles. The number of benzene rings is 1. The van der Waals surface area contributed by atoms with Crippen LogP contribution in [-0.2, 0) is 10.0 Å². The van der Waals surface area contributed by atoms with Gasteiger partial charge >= 0.3 is 0 Å². The van der Waals surface area contributed by atoms with Crippen LogP contribution in [0.1, 0.15) is 12.8 Å². The number of hydrogen-bond acceptors (Lipinski definition) is 4. The van der Waals surface area contributed by atoms with Crippen LogP contribution in [0.5, 0.6) is 0 Å². The maximum absolute atomic E-state index is 11.1. The number of primary sulfonamides is 1. The van der Waals surface area contributed by atoms with Crippen LogP contribution in [0.15, 0.2) is 29.2 Å². The molecule has 1 fully saturated rings. The summed E-state index contributed by atoms with van der Waals surface area (Å²) in [5.41, 5.74) is 0.922. The molecule has 0 bridgehead atoms. The van der Waals surface area contributed by atoms with Crippen molar-refractivity contribution in [2.75, 3.05) is 18.4 Å². The molecule has 1 unspecified atom stereocenters. The SMILES string of the molecule is NS(=O)(=O)c1ccc(NC2CCCNC2)cc1. The summed E-state index contributed by atoms with van der Waals surface area (Å²) in [4.78, 5) is 0.143. The number of sulfonamides is 1. The first-order chi connectivity index (χ1) is 8.05. The molecular formula is C11H17N3O2S. The number of piperidine rings is 1. The lowest BCUT2D eigenvalue weighted by Gasteiger charge is -2.24. The zero-order valence-corrected chi connectivity index (χ0v) is 10.3. The quantitative estimate of drug-likeness (QED) is 0.734. The Balaban J connectivity index is 2.03. The second-order valence-corrected chi connectivity index (χ2v) is 5.82. The van der Waals surface area contributed by atoms with Crippen molar-refractivity contribution in [1.29, 1.82) is 0 Å². The molecule has 1 saturated heterocycles. The molecule has 1 aromatic rings. The van der Waals surface area contributed by atoms with Crippen LogP contribution < -0.4 is 15.8 Å². The molecule has 0 amide bonds. The first-order valence-corrected chi connectivity index (χ1v) is 7.20. The summed E-state index contributed by atoms with van der Waals surface area (Å²) >= 11 is 0. The average molecular weight is 255 g/mol. The highest BCUT2D eigenvalue weighted by Gasteiger charge is 2.13. The van der Waals surface area contributed by atoms with Crippen molar-refractivity contribution in [2.45, 2.75) is 23.8 Å². The third kappa shape index (κ3) is 3.42. The van der Waals surface area contributed by atoms with Crippen LogP contribution in [0.4, 0.5) is 5.69 Å². The second kappa shape index (κ2) is 5.03. The van der Waals surface area contributed by atoms with E-state index in [1.807, 2.05) is 0 Å². The fraction of sp³-hybridized carbons (Fsp3) is 0.455. The Morgan fingerprint density at radius 2 is 2.00 bits per heavy atom. The lowest BCUT2D eigenvalue weighted by Crippen LogP contribution is -2.38. The molecule has 0 saturated carbocycles. The van der Waals surface area contributed by atoms with E-state index in [0.29, 0.717) is 6.04 Å². The van der Waals surface area contributed by atoms with Crippen LogP contribution in [-0.4, -0.2) is 27.5 Å². The fourth-order valence-electron chi connectivity index (χ4n) is 1.95. The van der Waals surface area contributed by atoms with Crippen LogP contribution in [0, 0.1) is 0 Å². The van der Waals surface area contributed by atoms with E-state index in [-0.39, 0.29) is 4.90 Å². The first-order valence-electron chi connectivity index (χ1n) is 5.66. The third-order valence-electron chi connectivity index (χ3n) is 2.85. The summed E-state index contributed by atoms with van der Waals surface area (Å²) in [5.74, 6) is 0. The largest absolute Gasteiger partial charge is 0.381 e. The Kier molecular flexibility index (Phi) is 3.66. The lowest BCUT2D eigenvalue weighted by atomic mass is 10.1. The van der Waals surface area contributed by atoms with E-state index in [9.17, 15) is 8.42 Å². The highest BCUT2D eigenvalue weighted by molar-refractivity contribution is 7.89. The van der Waals surface area contributed by atoms with E-state index in [1.165, 1.54) is 12.1 Å². The number of nitrogens with one attached hydrogen (secondary N) is 2. The van der Waals surface area contributed by atoms with Crippen LogP contribution in [0.3, 0.4) is 0 Å². The Morgan fingerprint density at radius 1 is 1.29 bits per heavy atom. The molecule has 6 heteroatoms. The zero-order valence-electron chi connectivity index (χ0n) is 9.52. The fourth-order valence-corrected chi connectivity index (χ4v) is 2.47. The van der Waals surface area contributed by atoms with E-state index in [1.54, 1.807) is 12.1 Å². The number of nitrogens with two attached hydrogens (primary N) is 1. The first kappa shape index (κ1) is 12.3. The molecule has 1 aliphatic rings. The van der Waals surface area contributed by atoms with Gasteiger partial charge in [-0.2, -0.15) is 0 Å². The van der Waals surface area contributed by atoms with Crippen molar-refractivity contribution in [3.63, 3.8) is 0 Å². The maximum Gasteiger partial charge on any atom is 0.238 e. The summed E-state index contributed by atoms with van der Waals surface area (Å²) in [6, 6.07) is 6.94. The standard InChI is InChI=1S/C11H17N3O2S/c12-17(15,16)11-5-3-9(4-6-11)14-10-2-1-7-13-8-10/h3-6,10,13-14H,1-2,7-8H2,(H2,12,15,16). The van der Waals surface area contributed by atoms with Crippen LogP contribution in [0.25, 0.3) is 0 Å². The third-order valence-corrected chi connectivity index (χ3v) is 3.78. The number of hydrogen-bond donors (Lipinski definition) is 3. The molecule has 1 aliphatic heterocycles. The topological polar surface area (TPSA) is 84.2 Å². The summed E-state index contributed by atoms with van der Waals surface area (Å²) in [6.45, 7) is 2.01. The Hall–Kier alpha value is -1.11. The van der Waals surface area contributed by atoms with Crippen LogP contribution >= 0.6 is 0 Å². The van der Waals surface area contributed by atoms with Crippen molar-refractivity contribution in [3.8, 4) is 0 Å². The molecule has 0 radical (unpaired) electrons. The Bertz CT molecular complexity index is 464. The van der Waals surface area contributed by atoms with E-state index in [0.717, 1.165) is 31.6 Å². The van der Waals surface area contributed by atoms with Gasteiger partial charge in [-0.3, -0.25) is 0 Å². The average Bonchev–Trinajstić information content (AvgIpc) is 2.30. The molecular weight excluding hydrogens is 238 g/mol. The number of rotatable bonds is 3. The highest BCUT2D eigenvalue weighted by atomic mass is 32.2. The predicted octanol–water partition coefficient (Wildman–Crippen LogP) is 0.498. The van der Waals surface area contributed by atoms with Gasteiger partial charge < -0.3 is 10.6 Å². The monoisotopic (exact) mass is 255 g/mol. The van der Waals surface area contributed by atoms with Gasteiger partial charge in [0.2, 0.25) is 10.0 Å². The normalized spacial score (nSPS) is 21.1. The molecule has 4 N–H and O–H groups in total. The Labute approximate surface area is 101 Å². The molecule has 1 heterocycles. The minimum absolute atomic E-state index is 0.143. The van der Waals surface area contributed by atoms with Gasteiger partial charge in [0, 0.05) is 18.3 Å². The molecule has 5 nitrogen and oxygen atoms in total. The smallest absolute Gasteiger partial charge is 0.238 e. The van der Waals surface area contributed by atoms with Gasteiger partial charge in [0.25, 0.3) is 0 Å². The van der Waals surface area contributed by atoms with E-state index in [2.05, 4.69) is 10.6 Å². The maximum atomic E-state index is 11.1. The Morgan fingerprint density at radius 3 is 2.53 bits per heavy atom. The summed E-state index contributed by atoms with van der Waals surface area (Å²) < 4.78 is 22.2. The molecule has 1 aromatic carbocycles. The van der Waals surface area contributed by atoms with Crippen molar-refractivity contribution in [3.05, 3.63) is 24.3 Å². The van der Waals surface area contributed by atoms with E-state index in [4.69, 9.17) is 5.14 Å². The van der Waals surface area contributed by atoms with Gasteiger partial charge in [0.05, 0.1) is 4.90 Å². The lowest BCUT2D eigenvalue weighted by molar-refractivity contribution is 0.480. The molecule has 0 spiro atoms. The van der Waals surface area contributed by atoms with E-state index >= 15 is 0 Å². The van der Waals surface area contributed by atoms with E-state index < -0.39 is 10.0 Å². The molecule has 0 aliphatic carbocycles. The minimum atomic E-state index is -3.59. The van der Waals surface area contributed by atoms with Crippen molar-refractivity contribution >= 4 is 15.7 Å². The van der Waals surface area contributed by atoms with Gasteiger partial charge in [0.1, 0.15) is 0 Å². The molecule has 94 valence electrons. The van der Waals surface area contributed by atoms with Gasteiger partial charge in [0.15, 0.2) is 0 Å². The predicted molar refractivity (Wildman–Crippen MR) is 67.3 cm³/mol. The summed E-state index contributed by atoms with van der Waals surface area (Å²) in [6.07, 6.45) is 2.29. The van der Waals surface area contributed by atoms with Gasteiger partial charge in [-0.25, -0.2) is 13.6 Å². The van der Waals surface area contributed by atoms with Crippen LogP contribution in [0.2, 0.25) is 0 Å². The van der Waals surface area contributed by atoms with Crippen molar-refractivity contribution < 1.29 is 8.42 Å². The number of anilines is 1. The van der Waals surface area contributed by atoms with Crippen molar-refractivity contribution in [2.24, 2.45) is 5.14 Å². The van der Waals surface area contributed by atoms with Gasteiger partial charge in [-0.15, -0.1) is 0 Å². The molecule has 17 heavy (non-hydrogen) atoms. The zero-order chi connectivity index (χ0) is 12.3. The van der Waals surface area contributed by atoms with Crippen molar-refractivity contribution in [1.82, 2.24) is 5.32 Å². The highest BCUT2D eigenvalue weighted by Crippen LogP contribution is 2.15. The minimum Gasteiger partial charge on any atom is -0.381 e. The van der Waals surface area contributed by atoms with Gasteiger partial charge in [-0.1, -0.05) is 0 Å².